The molecule has 2 aromatic heterocycles. The van der Waals surface area contributed by atoms with Crippen LogP contribution in [0.25, 0.3) is 22.4 Å². The predicted octanol–water partition coefficient (Wildman–Crippen LogP) is 2.56. The van der Waals surface area contributed by atoms with E-state index < -0.39 is 0 Å². The van der Waals surface area contributed by atoms with Crippen molar-refractivity contribution >= 4 is 28.9 Å². The third-order valence-corrected chi connectivity index (χ3v) is 3.85. The predicted molar refractivity (Wildman–Crippen MR) is 101 cm³/mol. The Balaban J connectivity index is 1.72. The number of carbonyl (C=O) groups excluding carboxylic acids is 1. The molecule has 3 aromatic rings. The summed E-state index contributed by atoms with van der Waals surface area (Å²) in [5.41, 5.74) is 3.18. The molecule has 0 unspecified atom stereocenters. The number of benzene rings is 1. The fraction of sp³-hybridized carbons (Fsp3) is 0.278. The Morgan fingerprint density at radius 1 is 1.24 bits per heavy atom. The van der Waals surface area contributed by atoms with Crippen molar-refractivity contribution in [3.63, 3.8) is 0 Å². The maximum Gasteiger partial charge on any atom is 0.211 e. The highest BCUT2D eigenvalue weighted by atomic mass is 16.1. The Labute approximate surface area is 146 Å². The van der Waals surface area contributed by atoms with Gasteiger partial charge in [0.1, 0.15) is 17.2 Å². The lowest BCUT2D eigenvalue weighted by atomic mass is 10.2. The van der Waals surface area contributed by atoms with Crippen LogP contribution < -0.4 is 10.6 Å². The molecular formula is C18H22N6O. The van der Waals surface area contributed by atoms with Crippen LogP contribution >= 0.6 is 0 Å². The quantitative estimate of drug-likeness (QED) is 0.434. The highest BCUT2D eigenvalue weighted by Crippen LogP contribution is 2.25. The van der Waals surface area contributed by atoms with Gasteiger partial charge < -0.3 is 20.5 Å². The second-order valence-electron chi connectivity index (χ2n) is 6.07. The van der Waals surface area contributed by atoms with Crippen LogP contribution in [-0.4, -0.2) is 53.4 Å². The summed E-state index contributed by atoms with van der Waals surface area (Å²) < 4.78 is 0. The second-order valence-corrected chi connectivity index (χ2v) is 6.07. The largest absolute Gasteiger partial charge is 0.370 e. The molecule has 3 rings (SSSR count). The van der Waals surface area contributed by atoms with Crippen molar-refractivity contribution in [1.82, 2.24) is 19.9 Å². The number of aromatic amines is 1. The van der Waals surface area contributed by atoms with E-state index in [-0.39, 0.29) is 0 Å². The molecule has 130 valence electrons. The topological polar surface area (TPSA) is 85.9 Å². The number of H-pyrrole nitrogens is 1. The highest BCUT2D eigenvalue weighted by molar-refractivity contribution is 5.94. The van der Waals surface area contributed by atoms with E-state index in [0.29, 0.717) is 12.1 Å². The van der Waals surface area contributed by atoms with E-state index in [1.807, 2.05) is 30.3 Å². The summed E-state index contributed by atoms with van der Waals surface area (Å²) in [7, 11) is 4.13. The number of rotatable bonds is 8. The van der Waals surface area contributed by atoms with E-state index in [1.165, 1.54) is 0 Å². The van der Waals surface area contributed by atoms with Gasteiger partial charge in [-0.25, -0.2) is 9.97 Å². The van der Waals surface area contributed by atoms with E-state index in [1.54, 1.807) is 6.20 Å². The molecule has 25 heavy (non-hydrogen) atoms. The van der Waals surface area contributed by atoms with Gasteiger partial charge in [0, 0.05) is 18.3 Å². The number of aromatic nitrogens is 3. The number of hydrogen-bond acceptors (Lipinski definition) is 5. The molecule has 0 bridgehead atoms. The Bertz CT molecular complexity index is 840. The summed E-state index contributed by atoms with van der Waals surface area (Å²) >= 11 is 0. The number of pyridine rings is 1. The van der Waals surface area contributed by atoms with Gasteiger partial charge in [-0.1, -0.05) is 6.07 Å². The molecule has 1 amide bonds. The van der Waals surface area contributed by atoms with Gasteiger partial charge in [0.2, 0.25) is 6.41 Å². The van der Waals surface area contributed by atoms with Crippen LogP contribution in [0.3, 0.4) is 0 Å². The zero-order chi connectivity index (χ0) is 17.6. The van der Waals surface area contributed by atoms with Gasteiger partial charge in [0.25, 0.3) is 0 Å². The lowest BCUT2D eigenvalue weighted by molar-refractivity contribution is -0.105. The van der Waals surface area contributed by atoms with Gasteiger partial charge >= 0.3 is 0 Å². The van der Waals surface area contributed by atoms with Gasteiger partial charge in [0.15, 0.2) is 0 Å². The number of hydrogen-bond donors (Lipinski definition) is 3. The third kappa shape index (κ3) is 4.13. The van der Waals surface area contributed by atoms with Crippen LogP contribution in [0.1, 0.15) is 6.42 Å². The SMILES string of the molecule is CN(C)CCCNc1ccc(-c2nc3c(NC=O)cccc3[nH]2)cn1. The molecular weight excluding hydrogens is 316 g/mol. The summed E-state index contributed by atoms with van der Waals surface area (Å²) in [5.74, 6) is 1.57. The molecule has 0 aliphatic heterocycles. The first-order chi connectivity index (χ1) is 12.2. The number of fused-ring (bicyclic) bond motifs is 1. The summed E-state index contributed by atoms with van der Waals surface area (Å²) in [6.07, 6.45) is 3.51. The Kier molecular flexibility index (Phi) is 5.25. The van der Waals surface area contributed by atoms with Crippen LogP contribution in [0.2, 0.25) is 0 Å². The minimum atomic E-state index is 0.654. The summed E-state index contributed by atoms with van der Waals surface area (Å²) in [5, 5.41) is 5.98. The van der Waals surface area contributed by atoms with Gasteiger partial charge in [-0.3, -0.25) is 4.79 Å². The minimum Gasteiger partial charge on any atom is -0.370 e. The van der Waals surface area contributed by atoms with Crippen molar-refractivity contribution in [2.45, 2.75) is 6.42 Å². The zero-order valence-corrected chi connectivity index (χ0v) is 14.4. The monoisotopic (exact) mass is 338 g/mol. The van der Waals surface area contributed by atoms with Gasteiger partial charge in [0.05, 0.1) is 11.2 Å². The molecule has 0 saturated carbocycles. The smallest absolute Gasteiger partial charge is 0.211 e. The fourth-order valence-electron chi connectivity index (χ4n) is 2.60. The van der Waals surface area contributed by atoms with Gasteiger partial charge in [-0.15, -0.1) is 0 Å². The maximum absolute atomic E-state index is 10.7. The lowest BCUT2D eigenvalue weighted by Gasteiger charge is -2.10. The molecule has 1 aromatic carbocycles. The van der Waals surface area contributed by atoms with E-state index in [9.17, 15) is 4.79 Å². The molecule has 0 radical (unpaired) electrons. The fourth-order valence-corrected chi connectivity index (χ4v) is 2.60. The maximum atomic E-state index is 10.7. The number of carbonyl (C=O) groups is 1. The van der Waals surface area contributed by atoms with E-state index in [2.05, 4.69) is 44.6 Å². The first-order valence-corrected chi connectivity index (χ1v) is 8.21. The average molecular weight is 338 g/mol. The Morgan fingerprint density at radius 2 is 2.12 bits per heavy atom. The minimum absolute atomic E-state index is 0.654. The number of anilines is 2. The molecule has 0 saturated heterocycles. The molecule has 3 N–H and O–H groups in total. The Hall–Kier alpha value is -2.93. The van der Waals surface area contributed by atoms with Crippen LogP contribution in [0.5, 0.6) is 0 Å². The van der Waals surface area contributed by atoms with Gasteiger partial charge in [-0.05, 0) is 51.3 Å². The molecule has 0 spiro atoms. The second kappa shape index (κ2) is 7.76. The molecule has 0 fully saturated rings. The van der Waals surface area contributed by atoms with Crippen molar-refractivity contribution in [1.29, 1.82) is 0 Å². The number of para-hydroxylation sites is 1. The van der Waals surface area contributed by atoms with Crippen LogP contribution in [0.15, 0.2) is 36.5 Å². The van der Waals surface area contributed by atoms with Crippen molar-refractivity contribution < 1.29 is 4.79 Å². The molecule has 0 aliphatic rings. The molecule has 7 nitrogen and oxygen atoms in total. The zero-order valence-electron chi connectivity index (χ0n) is 14.4. The third-order valence-electron chi connectivity index (χ3n) is 3.85. The number of amides is 1. The normalized spacial score (nSPS) is 11.0. The average Bonchev–Trinajstić information content (AvgIpc) is 3.05. The van der Waals surface area contributed by atoms with Crippen molar-refractivity contribution in [3.05, 3.63) is 36.5 Å². The lowest BCUT2D eigenvalue weighted by Crippen LogP contribution is -2.16. The number of imidazole rings is 1. The standard InChI is InChI=1S/C18H22N6O/c1-24(2)10-4-9-19-16-8-7-13(11-20-16)18-22-15-6-3-5-14(21-12-25)17(15)23-18/h3,5-8,11-12H,4,9-10H2,1-2H3,(H,19,20)(H,21,25)(H,22,23). The molecule has 0 aliphatic carbocycles. The molecule has 2 heterocycles. The summed E-state index contributed by atoms with van der Waals surface area (Å²) in [6, 6.07) is 9.54. The van der Waals surface area contributed by atoms with Gasteiger partial charge in [-0.2, -0.15) is 0 Å². The van der Waals surface area contributed by atoms with Crippen molar-refractivity contribution in [2.24, 2.45) is 0 Å². The van der Waals surface area contributed by atoms with Crippen molar-refractivity contribution in [3.8, 4) is 11.4 Å². The van der Waals surface area contributed by atoms with Crippen LogP contribution in [0.4, 0.5) is 11.5 Å². The van der Waals surface area contributed by atoms with E-state index >= 15 is 0 Å². The Morgan fingerprint density at radius 3 is 2.84 bits per heavy atom. The summed E-state index contributed by atoms with van der Waals surface area (Å²) in [6.45, 7) is 1.93. The van der Waals surface area contributed by atoms with Crippen molar-refractivity contribution in [2.75, 3.05) is 37.8 Å². The van der Waals surface area contributed by atoms with Crippen LogP contribution in [0, 0.1) is 0 Å². The number of nitrogens with one attached hydrogen (secondary N) is 3. The molecule has 7 heteroatoms. The highest BCUT2D eigenvalue weighted by Gasteiger charge is 2.09. The van der Waals surface area contributed by atoms with Crippen LogP contribution in [-0.2, 0) is 4.79 Å². The first-order valence-electron chi connectivity index (χ1n) is 8.21. The molecule has 0 atom stereocenters. The van der Waals surface area contributed by atoms with E-state index in [0.717, 1.165) is 47.7 Å². The van der Waals surface area contributed by atoms with E-state index in [4.69, 9.17) is 0 Å². The number of nitrogens with zero attached hydrogens (tertiary/aromatic N) is 3. The first kappa shape index (κ1) is 16.9. The summed E-state index contributed by atoms with van der Waals surface area (Å²) in [4.78, 5) is 25.2.